The van der Waals surface area contributed by atoms with E-state index in [2.05, 4.69) is 31.8 Å². The highest BCUT2D eigenvalue weighted by molar-refractivity contribution is 5.56. The highest BCUT2D eigenvalue weighted by atomic mass is 16.5. The molecule has 1 unspecified atom stereocenters. The molecule has 0 aliphatic rings. The standard InChI is InChI=1S/C12H23NO/c1-6-9-13-10-8-12(4,14-5)11(3)7-2/h7,9H,6,8,10H2,1-5H3/b11-7+,13-9?. The molecule has 0 aromatic carbocycles. The van der Waals surface area contributed by atoms with E-state index >= 15 is 0 Å². The minimum atomic E-state index is -0.153. The topological polar surface area (TPSA) is 21.6 Å². The van der Waals surface area contributed by atoms with Gasteiger partial charge in [-0.2, -0.15) is 0 Å². The first-order valence-electron chi connectivity index (χ1n) is 5.27. The fraction of sp³-hybridized carbons (Fsp3) is 0.750. The van der Waals surface area contributed by atoms with Crippen molar-refractivity contribution in [2.45, 2.75) is 46.1 Å². The Hall–Kier alpha value is -0.630. The molecule has 0 fully saturated rings. The van der Waals surface area contributed by atoms with E-state index in [9.17, 15) is 0 Å². The summed E-state index contributed by atoms with van der Waals surface area (Å²) in [4.78, 5) is 4.31. The van der Waals surface area contributed by atoms with E-state index in [4.69, 9.17) is 4.74 Å². The van der Waals surface area contributed by atoms with Crippen LogP contribution in [0.15, 0.2) is 16.6 Å². The summed E-state index contributed by atoms with van der Waals surface area (Å²) in [5.74, 6) is 0. The Labute approximate surface area is 88.1 Å². The van der Waals surface area contributed by atoms with Crippen molar-refractivity contribution in [1.82, 2.24) is 0 Å². The third kappa shape index (κ3) is 4.05. The quantitative estimate of drug-likeness (QED) is 0.473. The fourth-order valence-corrected chi connectivity index (χ4v) is 1.26. The Bertz CT molecular complexity index is 208. The van der Waals surface area contributed by atoms with Crippen molar-refractivity contribution in [3.05, 3.63) is 11.6 Å². The van der Waals surface area contributed by atoms with Gasteiger partial charge in [-0.1, -0.05) is 13.0 Å². The minimum absolute atomic E-state index is 0.153. The summed E-state index contributed by atoms with van der Waals surface area (Å²) in [6.45, 7) is 9.19. The molecule has 0 bridgehead atoms. The van der Waals surface area contributed by atoms with Crippen molar-refractivity contribution >= 4 is 6.21 Å². The maximum absolute atomic E-state index is 5.53. The van der Waals surface area contributed by atoms with Crippen LogP contribution in [-0.4, -0.2) is 25.5 Å². The van der Waals surface area contributed by atoms with E-state index in [1.165, 1.54) is 5.57 Å². The van der Waals surface area contributed by atoms with Gasteiger partial charge < -0.3 is 4.74 Å². The molecule has 14 heavy (non-hydrogen) atoms. The largest absolute Gasteiger partial charge is 0.374 e. The second kappa shape index (κ2) is 6.77. The van der Waals surface area contributed by atoms with Crippen LogP contribution in [0.5, 0.6) is 0 Å². The monoisotopic (exact) mass is 197 g/mol. The average Bonchev–Trinajstić information content (AvgIpc) is 2.22. The zero-order valence-electron chi connectivity index (χ0n) is 10.1. The van der Waals surface area contributed by atoms with E-state index in [1.54, 1.807) is 7.11 Å². The van der Waals surface area contributed by atoms with Gasteiger partial charge >= 0.3 is 0 Å². The molecule has 82 valence electrons. The molecule has 0 N–H and O–H groups in total. The van der Waals surface area contributed by atoms with E-state index < -0.39 is 0 Å². The zero-order chi connectivity index (χ0) is 11.0. The molecule has 0 amide bonds. The van der Waals surface area contributed by atoms with Gasteiger partial charge in [-0.05, 0) is 45.4 Å². The molecular formula is C12H23NO. The molecule has 0 aliphatic heterocycles. The number of nitrogens with zero attached hydrogens (tertiary/aromatic N) is 1. The Kier molecular flexibility index (Phi) is 6.46. The molecule has 0 saturated heterocycles. The van der Waals surface area contributed by atoms with Gasteiger partial charge in [0.1, 0.15) is 0 Å². The van der Waals surface area contributed by atoms with E-state index in [0.717, 1.165) is 19.4 Å². The van der Waals surface area contributed by atoms with Crippen molar-refractivity contribution in [3.8, 4) is 0 Å². The fourth-order valence-electron chi connectivity index (χ4n) is 1.26. The Morgan fingerprint density at radius 1 is 1.50 bits per heavy atom. The van der Waals surface area contributed by atoms with Gasteiger partial charge in [0, 0.05) is 13.7 Å². The number of rotatable bonds is 6. The summed E-state index contributed by atoms with van der Waals surface area (Å²) in [6, 6.07) is 0. The highest BCUT2D eigenvalue weighted by Crippen LogP contribution is 2.24. The summed E-state index contributed by atoms with van der Waals surface area (Å²) in [5.41, 5.74) is 1.12. The number of ether oxygens (including phenoxy) is 1. The molecule has 0 heterocycles. The van der Waals surface area contributed by atoms with Gasteiger partial charge in [0.15, 0.2) is 0 Å². The van der Waals surface area contributed by atoms with Crippen molar-refractivity contribution in [2.24, 2.45) is 4.99 Å². The van der Waals surface area contributed by atoms with Crippen LogP contribution in [0.25, 0.3) is 0 Å². The van der Waals surface area contributed by atoms with Gasteiger partial charge in [-0.25, -0.2) is 0 Å². The number of methoxy groups -OCH3 is 1. The normalized spacial score (nSPS) is 17.4. The lowest BCUT2D eigenvalue weighted by Crippen LogP contribution is -2.29. The predicted octanol–water partition coefficient (Wildman–Crippen LogP) is 3.23. The third-order valence-corrected chi connectivity index (χ3v) is 2.75. The Morgan fingerprint density at radius 3 is 2.57 bits per heavy atom. The van der Waals surface area contributed by atoms with Crippen LogP contribution in [0.1, 0.15) is 40.5 Å². The van der Waals surface area contributed by atoms with Crippen molar-refractivity contribution in [3.63, 3.8) is 0 Å². The first-order chi connectivity index (χ1) is 6.60. The smallest absolute Gasteiger partial charge is 0.0874 e. The van der Waals surface area contributed by atoms with Crippen LogP contribution < -0.4 is 0 Å². The van der Waals surface area contributed by atoms with Crippen LogP contribution in [0.4, 0.5) is 0 Å². The van der Waals surface area contributed by atoms with Crippen molar-refractivity contribution in [2.75, 3.05) is 13.7 Å². The molecular weight excluding hydrogens is 174 g/mol. The highest BCUT2D eigenvalue weighted by Gasteiger charge is 2.24. The molecule has 2 heteroatoms. The SMILES string of the molecule is C/C=C(\C)C(C)(CCN=CCC)OC. The zero-order valence-corrected chi connectivity index (χ0v) is 10.1. The lowest BCUT2D eigenvalue weighted by atomic mass is 9.93. The van der Waals surface area contributed by atoms with E-state index in [-0.39, 0.29) is 5.60 Å². The number of hydrogen-bond donors (Lipinski definition) is 0. The molecule has 2 nitrogen and oxygen atoms in total. The second-order valence-electron chi connectivity index (χ2n) is 3.65. The van der Waals surface area contributed by atoms with E-state index in [1.807, 2.05) is 13.1 Å². The Balaban J connectivity index is 4.20. The lowest BCUT2D eigenvalue weighted by Gasteiger charge is -2.28. The van der Waals surface area contributed by atoms with Gasteiger partial charge in [0.2, 0.25) is 0 Å². The van der Waals surface area contributed by atoms with Crippen LogP contribution in [0, 0.1) is 0 Å². The van der Waals surface area contributed by atoms with Gasteiger partial charge in [-0.3, -0.25) is 4.99 Å². The van der Waals surface area contributed by atoms with Gasteiger partial charge in [-0.15, -0.1) is 0 Å². The summed E-state index contributed by atoms with van der Waals surface area (Å²) in [7, 11) is 1.76. The van der Waals surface area contributed by atoms with Crippen LogP contribution in [0.3, 0.4) is 0 Å². The van der Waals surface area contributed by atoms with Crippen LogP contribution >= 0.6 is 0 Å². The second-order valence-corrected chi connectivity index (χ2v) is 3.65. The molecule has 0 spiro atoms. The molecule has 0 radical (unpaired) electrons. The summed E-state index contributed by atoms with van der Waals surface area (Å²) in [5, 5.41) is 0. The molecule has 0 aromatic heterocycles. The number of hydrogen-bond acceptors (Lipinski definition) is 2. The molecule has 0 saturated carbocycles. The first-order valence-corrected chi connectivity index (χ1v) is 5.27. The van der Waals surface area contributed by atoms with E-state index in [0.29, 0.717) is 0 Å². The maximum Gasteiger partial charge on any atom is 0.0874 e. The van der Waals surface area contributed by atoms with Crippen molar-refractivity contribution in [1.29, 1.82) is 0 Å². The predicted molar refractivity (Wildman–Crippen MR) is 63.1 cm³/mol. The van der Waals surface area contributed by atoms with Crippen molar-refractivity contribution < 1.29 is 4.74 Å². The van der Waals surface area contributed by atoms with Crippen LogP contribution in [0.2, 0.25) is 0 Å². The molecule has 0 aliphatic carbocycles. The summed E-state index contributed by atoms with van der Waals surface area (Å²) in [6.07, 6.45) is 6.01. The third-order valence-electron chi connectivity index (χ3n) is 2.75. The lowest BCUT2D eigenvalue weighted by molar-refractivity contribution is 0.0331. The molecule has 0 aromatic rings. The minimum Gasteiger partial charge on any atom is -0.374 e. The van der Waals surface area contributed by atoms with Gasteiger partial charge in [0.25, 0.3) is 0 Å². The van der Waals surface area contributed by atoms with Crippen LogP contribution in [-0.2, 0) is 4.74 Å². The maximum atomic E-state index is 5.53. The average molecular weight is 197 g/mol. The molecule has 1 atom stereocenters. The summed E-state index contributed by atoms with van der Waals surface area (Å²) < 4.78 is 5.53. The first kappa shape index (κ1) is 13.4. The summed E-state index contributed by atoms with van der Waals surface area (Å²) >= 11 is 0. The number of allylic oxidation sites excluding steroid dienone is 1. The van der Waals surface area contributed by atoms with Gasteiger partial charge in [0.05, 0.1) is 5.60 Å². The number of aliphatic imine (C=N–C) groups is 1. The molecule has 0 rings (SSSR count). The Morgan fingerprint density at radius 2 is 2.14 bits per heavy atom.